The zero-order valence-electron chi connectivity index (χ0n) is 17.9. The smallest absolute Gasteiger partial charge is 0.310 e. The number of cyclic esters (lactones) is 1. The number of carbonyl (C=O) groups excluding carboxylic acids is 1. The first-order valence-electron chi connectivity index (χ1n) is 10.3. The van der Waals surface area contributed by atoms with Gasteiger partial charge in [-0.05, 0) is 41.0 Å². The minimum absolute atomic E-state index is 0.106. The Kier molecular flexibility index (Phi) is 5.58. The van der Waals surface area contributed by atoms with Crippen LogP contribution in [0.3, 0.4) is 0 Å². The molecule has 2 N–H and O–H groups in total. The standard InChI is InChI=1S/C21H20O8.C2H6/c1-25-15-3-9(4-16(26-2)20(15)23)17-10-5-13-14(29-8-28-13)6-11(10)19(22)12-7-27-21(24)18(12)17;1-2/h3-6,12,17-19,22-23H,7-8H2,1-2H3;1-2H3/t12?,17-,18+,19?;/m1./s1. The van der Waals surface area contributed by atoms with Crippen LogP contribution in [0.2, 0.25) is 0 Å². The molecule has 1 fully saturated rings. The van der Waals surface area contributed by atoms with Crippen molar-refractivity contribution in [2.75, 3.05) is 27.6 Å². The van der Waals surface area contributed by atoms with E-state index in [4.69, 9.17) is 23.7 Å². The number of hydrogen-bond acceptors (Lipinski definition) is 8. The van der Waals surface area contributed by atoms with Gasteiger partial charge >= 0.3 is 5.97 Å². The quantitative estimate of drug-likeness (QED) is 0.716. The van der Waals surface area contributed by atoms with Crippen LogP contribution in [0.1, 0.15) is 42.6 Å². The second-order valence-corrected chi connectivity index (χ2v) is 7.35. The van der Waals surface area contributed by atoms with Crippen LogP contribution in [0.15, 0.2) is 24.3 Å². The van der Waals surface area contributed by atoms with Gasteiger partial charge in [-0.3, -0.25) is 4.79 Å². The number of benzene rings is 2. The number of rotatable bonds is 3. The van der Waals surface area contributed by atoms with Gasteiger partial charge < -0.3 is 33.9 Å². The number of ether oxygens (including phenoxy) is 5. The van der Waals surface area contributed by atoms with Gasteiger partial charge in [0.2, 0.25) is 12.5 Å². The van der Waals surface area contributed by atoms with Gasteiger partial charge in [0.1, 0.15) is 0 Å². The number of phenols is 1. The summed E-state index contributed by atoms with van der Waals surface area (Å²) in [6.07, 6.45) is -0.867. The molecule has 0 aromatic heterocycles. The van der Waals surface area contributed by atoms with Crippen molar-refractivity contribution in [3.63, 3.8) is 0 Å². The number of aliphatic hydroxyl groups excluding tert-OH is 1. The molecular formula is C23H26O8. The summed E-state index contributed by atoms with van der Waals surface area (Å²) in [4.78, 5) is 12.7. The minimum Gasteiger partial charge on any atom is -0.502 e. The molecule has 166 valence electrons. The highest BCUT2D eigenvalue weighted by Crippen LogP contribution is 2.55. The molecule has 0 bridgehead atoms. The molecule has 2 aliphatic heterocycles. The second kappa shape index (κ2) is 8.19. The topological polar surface area (TPSA) is 104 Å². The Balaban J connectivity index is 0.00000112. The average molecular weight is 430 g/mol. The average Bonchev–Trinajstić information content (AvgIpc) is 3.41. The van der Waals surface area contributed by atoms with Gasteiger partial charge in [0.15, 0.2) is 23.0 Å². The number of aliphatic hydroxyl groups is 1. The molecule has 3 aliphatic rings. The highest BCUT2D eigenvalue weighted by Gasteiger charge is 2.52. The fraction of sp³-hybridized carbons (Fsp3) is 0.435. The number of fused-ring (bicyclic) bond motifs is 3. The molecule has 2 aromatic carbocycles. The molecule has 5 rings (SSSR count). The van der Waals surface area contributed by atoms with E-state index in [1.807, 2.05) is 13.8 Å². The van der Waals surface area contributed by atoms with Crippen LogP contribution in [0.5, 0.6) is 28.7 Å². The highest BCUT2D eigenvalue weighted by molar-refractivity contribution is 5.79. The molecule has 8 nitrogen and oxygen atoms in total. The lowest BCUT2D eigenvalue weighted by Gasteiger charge is -2.37. The first kappa shape index (κ1) is 21.1. The zero-order chi connectivity index (χ0) is 22.3. The molecule has 2 unspecified atom stereocenters. The lowest BCUT2D eigenvalue weighted by molar-refractivity contribution is -0.141. The Hall–Kier alpha value is -3.13. The maximum absolute atomic E-state index is 12.7. The number of phenolic OH excluding ortho intramolecular Hbond substituents is 1. The molecule has 0 spiro atoms. The van der Waals surface area contributed by atoms with Crippen molar-refractivity contribution in [3.05, 3.63) is 41.0 Å². The van der Waals surface area contributed by atoms with Crippen LogP contribution in [-0.4, -0.2) is 43.8 Å². The van der Waals surface area contributed by atoms with Gasteiger partial charge in [-0.1, -0.05) is 13.8 Å². The molecule has 2 aromatic rings. The van der Waals surface area contributed by atoms with E-state index in [1.54, 1.807) is 24.3 Å². The first-order valence-corrected chi connectivity index (χ1v) is 10.3. The third-order valence-electron chi connectivity index (χ3n) is 6.01. The molecule has 2 heterocycles. The van der Waals surface area contributed by atoms with Crippen molar-refractivity contribution in [2.45, 2.75) is 25.9 Å². The van der Waals surface area contributed by atoms with Crippen molar-refractivity contribution in [1.82, 2.24) is 0 Å². The molecule has 0 saturated carbocycles. The van der Waals surface area contributed by atoms with E-state index in [1.165, 1.54) is 14.2 Å². The van der Waals surface area contributed by atoms with Gasteiger partial charge in [-0.25, -0.2) is 0 Å². The van der Waals surface area contributed by atoms with E-state index in [9.17, 15) is 15.0 Å². The predicted molar refractivity (Wildman–Crippen MR) is 110 cm³/mol. The van der Waals surface area contributed by atoms with Crippen molar-refractivity contribution in [1.29, 1.82) is 0 Å². The zero-order valence-corrected chi connectivity index (χ0v) is 17.9. The normalized spacial score (nSPS) is 25.0. The predicted octanol–water partition coefficient (Wildman–Crippen LogP) is 3.13. The lowest BCUT2D eigenvalue weighted by atomic mass is 9.66. The van der Waals surface area contributed by atoms with Gasteiger partial charge in [0.05, 0.1) is 32.8 Å². The van der Waals surface area contributed by atoms with Gasteiger partial charge in [0, 0.05) is 11.8 Å². The molecule has 0 amide bonds. The summed E-state index contributed by atoms with van der Waals surface area (Å²) in [5.74, 6) is -0.324. The Morgan fingerprint density at radius 3 is 2.10 bits per heavy atom. The molecule has 0 radical (unpaired) electrons. The number of esters is 1. The fourth-order valence-electron chi connectivity index (χ4n) is 4.63. The highest BCUT2D eigenvalue weighted by atomic mass is 16.7. The SMILES string of the molecule is CC.COc1cc([C@@H]2c3cc4c(cc3C(O)C3COC(=O)[C@@H]32)OCO4)cc(OC)c1O. The van der Waals surface area contributed by atoms with Crippen molar-refractivity contribution in [3.8, 4) is 28.7 Å². The summed E-state index contributed by atoms with van der Waals surface area (Å²) < 4.78 is 26.9. The number of carbonyl (C=O) groups is 1. The summed E-state index contributed by atoms with van der Waals surface area (Å²) in [6, 6.07) is 6.93. The molecule has 4 atom stereocenters. The number of methoxy groups -OCH3 is 2. The molecule has 8 heteroatoms. The molecule has 1 saturated heterocycles. The van der Waals surface area contributed by atoms with E-state index in [-0.39, 0.29) is 36.6 Å². The van der Waals surface area contributed by atoms with Crippen molar-refractivity contribution >= 4 is 5.97 Å². The van der Waals surface area contributed by atoms with E-state index in [0.717, 1.165) is 5.56 Å². The monoisotopic (exact) mass is 430 g/mol. The summed E-state index contributed by atoms with van der Waals surface area (Å²) in [5.41, 5.74) is 2.12. The maximum atomic E-state index is 12.7. The third kappa shape index (κ3) is 3.22. The first-order chi connectivity index (χ1) is 15.0. The van der Waals surface area contributed by atoms with Gasteiger partial charge in [0.25, 0.3) is 0 Å². The lowest BCUT2D eigenvalue weighted by Crippen LogP contribution is -2.34. The van der Waals surface area contributed by atoms with Gasteiger partial charge in [-0.2, -0.15) is 0 Å². The molecule has 31 heavy (non-hydrogen) atoms. The van der Waals surface area contributed by atoms with E-state index in [2.05, 4.69) is 0 Å². The molecule has 1 aliphatic carbocycles. The number of hydrogen-bond donors (Lipinski definition) is 2. The third-order valence-corrected chi connectivity index (χ3v) is 6.01. The Morgan fingerprint density at radius 1 is 0.935 bits per heavy atom. The summed E-state index contributed by atoms with van der Waals surface area (Å²) >= 11 is 0. The van der Waals surface area contributed by atoms with E-state index >= 15 is 0 Å². The van der Waals surface area contributed by atoms with Crippen LogP contribution in [0.4, 0.5) is 0 Å². The largest absolute Gasteiger partial charge is 0.502 e. The van der Waals surface area contributed by atoms with Crippen LogP contribution < -0.4 is 18.9 Å². The fourth-order valence-corrected chi connectivity index (χ4v) is 4.63. The summed E-state index contributed by atoms with van der Waals surface area (Å²) in [5, 5.41) is 21.3. The van der Waals surface area contributed by atoms with Crippen LogP contribution in [-0.2, 0) is 9.53 Å². The van der Waals surface area contributed by atoms with Crippen LogP contribution in [0, 0.1) is 11.8 Å². The van der Waals surface area contributed by atoms with E-state index in [0.29, 0.717) is 22.6 Å². The van der Waals surface area contributed by atoms with Crippen molar-refractivity contribution in [2.24, 2.45) is 11.8 Å². The summed E-state index contributed by atoms with van der Waals surface area (Å²) in [6.45, 7) is 4.25. The Bertz CT molecular complexity index is 976. The van der Waals surface area contributed by atoms with Crippen molar-refractivity contribution < 1.29 is 38.7 Å². The van der Waals surface area contributed by atoms with Gasteiger partial charge in [-0.15, -0.1) is 0 Å². The Labute approximate surface area is 180 Å². The minimum atomic E-state index is -0.867. The van der Waals surface area contributed by atoms with Crippen LogP contribution in [0.25, 0.3) is 0 Å². The van der Waals surface area contributed by atoms with Crippen LogP contribution >= 0.6 is 0 Å². The molecular weight excluding hydrogens is 404 g/mol. The summed E-state index contributed by atoms with van der Waals surface area (Å²) in [7, 11) is 2.89. The number of aromatic hydroxyl groups is 1. The second-order valence-electron chi connectivity index (χ2n) is 7.35. The maximum Gasteiger partial charge on any atom is 0.310 e. The van der Waals surface area contributed by atoms with E-state index < -0.39 is 23.9 Å². The Morgan fingerprint density at radius 2 is 1.52 bits per heavy atom.